The van der Waals surface area contributed by atoms with Crippen molar-refractivity contribution >= 4 is 23.5 Å². The molecule has 24 heavy (non-hydrogen) atoms. The number of carbonyl (C=O) groups excluding carboxylic acids is 2. The Morgan fingerprint density at radius 2 is 2.00 bits per heavy atom. The molecule has 0 aromatic carbocycles. The Kier molecular flexibility index (Phi) is 5.32. The van der Waals surface area contributed by atoms with Crippen LogP contribution < -0.4 is 16.4 Å². The van der Waals surface area contributed by atoms with E-state index in [0.29, 0.717) is 18.0 Å². The second-order valence-electron chi connectivity index (χ2n) is 5.70. The number of rotatable bonds is 6. The molecule has 1 atom stereocenters. The molecular weight excluding hydrogens is 310 g/mol. The molecule has 0 aliphatic carbocycles. The van der Waals surface area contributed by atoms with Crippen LogP contribution in [-0.4, -0.2) is 44.0 Å². The predicted molar refractivity (Wildman–Crippen MR) is 89.3 cm³/mol. The summed E-state index contributed by atoms with van der Waals surface area (Å²) in [6.45, 7) is 7.84. The first-order valence-electron chi connectivity index (χ1n) is 7.88. The van der Waals surface area contributed by atoms with Gasteiger partial charge >= 0.3 is 0 Å². The van der Waals surface area contributed by atoms with E-state index in [1.165, 1.54) is 4.52 Å². The number of aryl methyl sites for hydroxylation is 2. The number of hydrogen-bond acceptors (Lipinski definition) is 6. The predicted octanol–water partition coefficient (Wildman–Crippen LogP) is -0.103. The zero-order valence-corrected chi connectivity index (χ0v) is 14.4. The van der Waals surface area contributed by atoms with Crippen LogP contribution in [0.2, 0.25) is 0 Å². The van der Waals surface area contributed by atoms with Gasteiger partial charge in [0.05, 0.1) is 6.42 Å². The molecule has 0 radical (unpaired) electrons. The van der Waals surface area contributed by atoms with E-state index < -0.39 is 6.04 Å². The Morgan fingerprint density at radius 3 is 2.67 bits per heavy atom. The smallest absolute Gasteiger partial charge is 0.254 e. The van der Waals surface area contributed by atoms with Gasteiger partial charge in [-0.05, 0) is 27.2 Å². The van der Waals surface area contributed by atoms with Gasteiger partial charge in [0.2, 0.25) is 17.8 Å². The van der Waals surface area contributed by atoms with Gasteiger partial charge in [-0.3, -0.25) is 9.59 Å². The van der Waals surface area contributed by atoms with E-state index in [9.17, 15) is 9.59 Å². The van der Waals surface area contributed by atoms with Gasteiger partial charge in [-0.15, -0.1) is 5.10 Å². The lowest BCUT2D eigenvalue weighted by Gasteiger charge is -2.15. The Bertz CT molecular complexity index is 769. The average Bonchev–Trinajstić information content (AvgIpc) is 2.89. The molecular formula is C15H23N7O2. The molecule has 9 heteroatoms. The Morgan fingerprint density at radius 1 is 1.29 bits per heavy atom. The second-order valence-corrected chi connectivity index (χ2v) is 5.70. The van der Waals surface area contributed by atoms with Gasteiger partial charge in [0, 0.05) is 23.5 Å². The fourth-order valence-corrected chi connectivity index (χ4v) is 2.40. The maximum atomic E-state index is 12.3. The normalized spacial score (nSPS) is 12.2. The molecule has 2 amide bonds. The molecule has 2 aromatic rings. The van der Waals surface area contributed by atoms with Crippen molar-refractivity contribution in [1.82, 2.24) is 30.2 Å². The third-order valence-electron chi connectivity index (χ3n) is 3.72. The monoisotopic (exact) mass is 333 g/mol. The van der Waals surface area contributed by atoms with Gasteiger partial charge in [0.1, 0.15) is 6.04 Å². The van der Waals surface area contributed by atoms with Crippen molar-refractivity contribution in [3.05, 3.63) is 17.0 Å². The lowest BCUT2D eigenvalue weighted by molar-refractivity contribution is -0.128. The molecule has 0 saturated carbocycles. The highest BCUT2D eigenvalue weighted by atomic mass is 16.2. The zero-order valence-electron chi connectivity index (χ0n) is 14.4. The summed E-state index contributed by atoms with van der Waals surface area (Å²) in [6.07, 6.45) is 0.948. The Balaban J connectivity index is 2.11. The fourth-order valence-electron chi connectivity index (χ4n) is 2.40. The van der Waals surface area contributed by atoms with Crippen molar-refractivity contribution in [3.63, 3.8) is 0 Å². The van der Waals surface area contributed by atoms with E-state index in [-0.39, 0.29) is 24.2 Å². The largest absolute Gasteiger partial charge is 0.366 e. The first-order valence-corrected chi connectivity index (χ1v) is 7.88. The van der Waals surface area contributed by atoms with Gasteiger partial charge in [0.25, 0.3) is 5.78 Å². The van der Waals surface area contributed by atoms with Crippen LogP contribution in [0, 0.1) is 13.8 Å². The van der Waals surface area contributed by atoms with Crippen LogP contribution in [0.25, 0.3) is 5.78 Å². The van der Waals surface area contributed by atoms with Gasteiger partial charge < -0.3 is 16.4 Å². The van der Waals surface area contributed by atoms with Crippen molar-refractivity contribution in [1.29, 1.82) is 0 Å². The van der Waals surface area contributed by atoms with E-state index in [2.05, 4.69) is 25.7 Å². The van der Waals surface area contributed by atoms with Crippen molar-refractivity contribution < 1.29 is 9.59 Å². The minimum Gasteiger partial charge on any atom is -0.366 e. The minimum atomic E-state index is -0.594. The number of amides is 2. The first-order chi connectivity index (χ1) is 11.3. The van der Waals surface area contributed by atoms with Crippen LogP contribution in [-0.2, 0) is 16.0 Å². The van der Waals surface area contributed by atoms with Crippen molar-refractivity contribution in [2.24, 2.45) is 0 Å². The number of aromatic nitrogens is 4. The molecule has 0 fully saturated rings. The molecule has 2 rings (SSSR count). The van der Waals surface area contributed by atoms with Crippen LogP contribution in [0.15, 0.2) is 0 Å². The third kappa shape index (κ3) is 3.79. The molecule has 0 bridgehead atoms. The van der Waals surface area contributed by atoms with Crippen LogP contribution in [0.5, 0.6) is 0 Å². The number of fused-ring (bicyclic) bond motifs is 1. The fraction of sp³-hybridized carbons (Fsp3) is 0.533. The van der Waals surface area contributed by atoms with E-state index in [4.69, 9.17) is 5.73 Å². The van der Waals surface area contributed by atoms with E-state index in [1.54, 1.807) is 13.8 Å². The maximum absolute atomic E-state index is 12.3. The van der Waals surface area contributed by atoms with Crippen LogP contribution >= 0.6 is 0 Å². The average molecular weight is 333 g/mol. The lowest BCUT2D eigenvalue weighted by atomic mass is 10.1. The molecule has 9 nitrogen and oxygen atoms in total. The number of hydrogen-bond donors (Lipinski definition) is 3. The van der Waals surface area contributed by atoms with E-state index >= 15 is 0 Å². The van der Waals surface area contributed by atoms with Crippen molar-refractivity contribution in [2.45, 2.75) is 46.6 Å². The summed E-state index contributed by atoms with van der Waals surface area (Å²) < 4.78 is 1.52. The zero-order chi connectivity index (χ0) is 17.9. The molecule has 0 aliphatic rings. The highest BCUT2D eigenvalue weighted by molar-refractivity contribution is 5.88. The SMILES string of the molecule is CCCNC(=O)C(C)NC(=O)Cc1c(C)nc2nc(N)nn2c1C. The topological polar surface area (TPSA) is 127 Å². The quantitative estimate of drug-likeness (QED) is 0.677. The van der Waals surface area contributed by atoms with Crippen LogP contribution in [0.1, 0.15) is 37.2 Å². The van der Waals surface area contributed by atoms with Gasteiger partial charge in [-0.2, -0.15) is 9.50 Å². The summed E-state index contributed by atoms with van der Waals surface area (Å²) >= 11 is 0. The molecule has 0 aliphatic heterocycles. The number of nitrogens with two attached hydrogens (primary N) is 1. The number of anilines is 1. The molecule has 4 N–H and O–H groups in total. The van der Waals surface area contributed by atoms with E-state index in [1.807, 2.05) is 13.8 Å². The van der Waals surface area contributed by atoms with Gasteiger partial charge in [0.15, 0.2) is 0 Å². The summed E-state index contributed by atoms with van der Waals surface area (Å²) in [7, 11) is 0. The standard InChI is InChI=1S/C15H23N7O2/c1-5-6-17-13(24)9(3)18-12(23)7-11-8(2)19-15-20-14(16)21-22(15)10(11)4/h9H,5-7H2,1-4H3,(H2,16,21)(H,17,24)(H,18,23). The summed E-state index contributed by atoms with van der Waals surface area (Å²) in [5.41, 5.74) is 7.77. The molecule has 0 spiro atoms. The Labute approximate surface area is 140 Å². The number of nitrogens with one attached hydrogen (secondary N) is 2. The van der Waals surface area contributed by atoms with E-state index in [0.717, 1.165) is 17.7 Å². The summed E-state index contributed by atoms with van der Waals surface area (Å²) in [5.74, 6) is 0.0812. The highest BCUT2D eigenvalue weighted by Gasteiger charge is 2.19. The molecule has 130 valence electrons. The van der Waals surface area contributed by atoms with Gasteiger partial charge in [-0.1, -0.05) is 6.92 Å². The highest BCUT2D eigenvalue weighted by Crippen LogP contribution is 2.14. The Hall–Kier alpha value is -2.71. The van der Waals surface area contributed by atoms with Crippen LogP contribution in [0.3, 0.4) is 0 Å². The maximum Gasteiger partial charge on any atom is 0.254 e. The third-order valence-corrected chi connectivity index (χ3v) is 3.72. The first kappa shape index (κ1) is 17.6. The van der Waals surface area contributed by atoms with Crippen molar-refractivity contribution in [3.8, 4) is 0 Å². The molecule has 0 saturated heterocycles. The lowest BCUT2D eigenvalue weighted by Crippen LogP contribution is -2.45. The minimum absolute atomic E-state index is 0.103. The van der Waals surface area contributed by atoms with Gasteiger partial charge in [-0.25, -0.2) is 4.98 Å². The summed E-state index contributed by atoms with van der Waals surface area (Å²) in [5, 5.41) is 9.51. The summed E-state index contributed by atoms with van der Waals surface area (Å²) in [4.78, 5) is 32.4. The molecule has 2 heterocycles. The summed E-state index contributed by atoms with van der Waals surface area (Å²) in [6, 6.07) is -0.594. The number of carbonyl (C=O) groups is 2. The number of nitrogens with zero attached hydrogens (tertiary/aromatic N) is 4. The molecule has 2 aromatic heterocycles. The van der Waals surface area contributed by atoms with Crippen LogP contribution in [0.4, 0.5) is 5.95 Å². The second kappa shape index (κ2) is 7.24. The number of nitrogen functional groups attached to an aromatic ring is 1. The van der Waals surface area contributed by atoms with Crippen molar-refractivity contribution in [2.75, 3.05) is 12.3 Å². The molecule has 1 unspecified atom stereocenters.